The number of aromatic nitrogens is 2. The summed E-state index contributed by atoms with van der Waals surface area (Å²) in [6.45, 7) is 1.99. The second kappa shape index (κ2) is 5.37. The predicted molar refractivity (Wildman–Crippen MR) is 81.9 cm³/mol. The molecule has 1 heterocycles. The van der Waals surface area contributed by atoms with Crippen LogP contribution in [0.3, 0.4) is 0 Å². The molecule has 0 amide bonds. The minimum absolute atomic E-state index is 0.230. The minimum atomic E-state index is -0.309. The van der Waals surface area contributed by atoms with Crippen molar-refractivity contribution in [2.45, 2.75) is 12.8 Å². The Morgan fingerprint density at radius 2 is 2.05 bits per heavy atom. The maximum atomic E-state index is 13.6. The summed E-state index contributed by atoms with van der Waals surface area (Å²) in [4.78, 5) is 4.46. The van der Waals surface area contributed by atoms with Crippen LogP contribution in [0.1, 0.15) is 11.4 Å². The third-order valence-corrected chi connectivity index (χ3v) is 3.62. The fraction of sp³-hybridized carbons (Fsp3) is 0.188. The Bertz CT molecular complexity index is 813. The van der Waals surface area contributed by atoms with Crippen molar-refractivity contribution in [1.29, 1.82) is 0 Å². The standard InChI is InChI=1S/C16H14ClFN2O/c1-10-3-6-15(21-2)14(7-10)20-13-8-11(18)4-5-12(13)19-16(20)9-17/h3-8H,9H2,1-2H3. The van der Waals surface area contributed by atoms with E-state index < -0.39 is 0 Å². The number of nitrogens with zero attached hydrogens (tertiary/aromatic N) is 2. The summed E-state index contributed by atoms with van der Waals surface area (Å²) in [5.74, 6) is 1.26. The zero-order chi connectivity index (χ0) is 15.0. The maximum Gasteiger partial charge on any atom is 0.142 e. The van der Waals surface area contributed by atoms with E-state index in [9.17, 15) is 4.39 Å². The van der Waals surface area contributed by atoms with Crippen molar-refractivity contribution >= 4 is 22.6 Å². The van der Waals surface area contributed by atoms with Gasteiger partial charge in [0.1, 0.15) is 17.4 Å². The zero-order valence-electron chi connectivity index (χ0n) is 11.7. The molecular formula is C16H14ClFN2O. The molecule has 0 fully saturated rings. The van der Waals surface area contributed by atoms with Crippen LogP contribution in [0.25, 0.3) is 16.7 Å². The van der Waals surface area contributed by atoms with Gasteiger partial charge in [-0.1, -0.05) is 6.07 Å². The maximum absolute atomic E-state index is 13.6. The van der Waals surface area contributed by atoms with Crippen molar-refractivity contribution in [2.24, 2.45) is 0 Å². The quantitative estimate of drug-likeness (QED) is 0.677. The molecule has 0 N–H and O–H groups in total. The molecule has 1 aromatic heterocycles. The van der Waals surface area contributed by atoms with Crippen LogP contribution in [0.15, 0.2) is 36.4 Å². The lowest BCUT2D eigenvalue weighted by Crippen LogP contribution is -2.02. The number of ether oxygens (including phenoxy) is 1. The van der Waals surface area contributed by atoms with Crippen molar-refractivity contribution in [3.05, 3.63) is 53.6 Å². The lowest BCUT2D eigenvalue weighted by Gasteiger charge is -2.13. The van der Waals surface area contributed by atoms with Gasteiger partial charge in [0.2, 0.25) is 0 Å². The Hall–Kier alpha value is -2.07. The second-order valence-corrected chi connectivity index (χ2v) is 5.07. The van der Waals surface area contributed by atoms with Gasteiger partial charge in [-0.25, -0.2) is 9.37 Å². The van der Waals surface area contributed by atoms with Crippen LogP contribution in [-0.2, 0) is 5.88 Å². The zero-order valence-corrected chi connectivity index (χ0v) is 12.5. The molecule has 0 radical (unpaired) electrons. The van der Waals surface area contributed by atoms with E-state index in [2.05, 4.69) is 4.98 Å². The molecule has 0 spiro atoms. The molecule has 0 saturated carbocycles. The van der Waals surface area contributed by atoms with Gasteiger partial charge in [-0.3, -0.25) is 4.57 Å². The van der Waals surface area contributed by atoms with E-state index >= 15 is 0 Å². The number of halogens is 2. The number of hydrogen-bond donors (Lipinski definition) is 0. The van der Waals surface area contributed by atoms with Crippen LogP contribution < -0.4 is 4.74 Å². The summed E-state index contributed by atoms with van der Waals surface area (Å²) in [6.07, 6.45) is 0. The fourth-order valence-electron chi connectivity index (χ4n) is 2.43. The molecule has 0 saturated heterocycles. The number of alkyl halides is 1. The van der Waals surface area contributed by atoms with Crippen LogP contribution in [0, 0.1) is 12.7 Å². The van der Waals surface area contributed by atoms with Gasteiger partial charge in [0, 0.05) is 6.07 Å². The number of hydrogen-bond acceptors (Lipinski definition) is 2. The highest BCUT2D eigenvalue weighted by molar-refractivity contribution is 6.17. The highest BCUT2D eigenvalue weighted by Gasteiger charge is 2.16. The SMILES string of the molecule is COc1ccc(C)cc1-n1c(CCl)nc2ccc(F)cc21. The number of aryl methyl sites for hydroxylation is 1. The summed E-state index contributed by atoms with van der Waals surface area (Å²) in [5, 5.41) is 0. The Balaban J connectivity index is 2.38. The van der Waals surface area contributed by atoms with Crippen LogP contribution in [-0.4, -0.2) is 16.7 Å². The van der Waals surface area contributed by atoms with E-state index in [-0.39, 0.29) is 11.7 Å². The summed E-state index contributed by atoms with van der Waals surface area (Å²) < 4.78 is 20.9. The lowest BCUT2D eigenvalue weighted by atomic mass is 10.2. The molecule has 0 unspecified atom stereocenters. The third-order valence-electron chi connectivity index (χ3n) is 3.38. The van der Waals surface area contributed by atoms with Crippen LogP contribution in [0.4, 0.5) is 4.39 Å². The minimum Gasteiger partial charge on any atom is -0.495 e. The van der Waals surface area contributed by atoms with E-state index in [4.69, 9.17) is 16.3 Å². The first kappa shape index (κ1) is 13.9. The summed E-state index contributed by atoms with van der Waals surface area (Å²) in [5.41, 5.74) is 3.26. The van der Waals surface area contributed by atoms with Gasteiger partial charge in [0.25, 0.3) is 0 Å². The van der Waals surface area contributed by atoms with E-state index in [0.29, 0.717) is 22.6 Å². The Kier molecular flexibility index (Phi) is 3.55. The molecule has 0 aliphatic heterocycles. The Morgan fingerprint density at radius 1 is 1.24 bits per heavy atom. The predicted octanol–water partition coefficient (Wildman–Crippen LogP) is 4.22. The van der Waals surface area contributed by atoms with Crippen molar-refractivity contribution < 1.29 is 9.13 Å². The number of rotatable bonds is 3. The van der Waals surface area contributed by atoms with Crippen LogP contribution in [0.2, 0.25) is 0 Å². The van der Waals surface area contributed by atoms with Gasteiger partial charge >= 0.3 is 0 Å². The van der Waals surface area contributed by atoms with Gasteiger partial charge in [-0.2, -0.15) is 0 Å². The molecule has 0 aliphatic carbocycles. The van der Waals surface area contributed by atoms with Gasteiger partial charge in [0.15, 0.2) is 0 Å². The molecule has 2 aromatic carbocycles. The third kappa shape index (κ3) is 2.36. The Labute approximate surface area is 126 Å². The number of imidazole rings is 1. The highest BCUT2D eigenvalue weighted by Crippen LogP contribution is 2.30. The first-order valence-corrected chi connectivity index (χ1v) is 7.05. The average molecular weight is 305 g/mol. The summed E-state index contributed by atoms with van der Waals surface area (Å²) in [7, 11) is 1.61. The van der Waals surface area contributed by atoms with E-state index in [1.54, 1.807) is 13.2 Å². The molecule has 0 bridgehead atoms. The molecule has 0 aliphatic rings. The van der Waals surface area contributed by atoms with Gasteiger partial charge in [0.05, 0.1) is 29.7 Å². The van der Waals surface area contributed by atoms with Gasteiger partial charge in [-0.15, -0.1) is 11.6 Å². The van der Waals surface area contributed by atoms with Crippen molar-refractivity contribution in [3.63, 3.8) is 0 Å². The second-order valence-electron chi connectivity index (χ2n) is 4.81. The normalized spacial score (nSPS) is 11.0. The summed E-state index contributed by atoms with van der Waals surface area (Å²) in [6, 6.07) is 10.3. The van der Waals surface area contributed by atoms with Crippen LogP contribution in [0.5, 0.6) is 5.75 Å². The number of benzene rings is 2. The largest absolute Gasteiger partial charge is 0.495 e. The van der Waals surface area contributed by atoms with E-state index in [1.165, 1.54) is 12.1 Å². The summed E-state index contributed by atoms with van der Waals surface area (Å²) >= 11 is 6.01. The van der Waals surface area contributed by atoms with Gasteiger partial charge < -0.3 is 4.74 Å². The molecule has 3 rings (SSSR count). The topological polar surface area (TPSA) is 27.1 Å². The molecule has 108 valence electrons. The van der Waals surface area contributed by atoms with Crippen molar-refractivity contribution in [3.8, 4) is 11.4 Å². The smallest absolute Gasteiger partial charge is 0.142 e. The molecule has 3 nitrogen and oxygen atoms in total. The average Bonchev–Trinajstić information content (AvgIpc) is 2.84. The first-order chi connectivity index (χ1) is 10.1. The Morgan fingerprint density at radius 3 is 2.76 bits per heavy atom. The number of methoxy groups -OCH3 is 1. The monoisotopic (exact) mass is 304 g/mol. The first-order valence-electron chi connectivity index (χ1n) is 6.52. The molecule has 0 atom stereocenters. The molecule has 21 heavy (non-hydrogen) atoms. The van der Waals surface area contributed by atoms with E-state index in [0.717, 1.165) is 11.3 Å². The molecule has 5 heteroatoms. The van der Waals surface area contributed by atoms with Crippen molar-refractivity contribution in [1.82, 2.24) is 9.55 Å². The number of fused-ring (bicyclic) bond motifs is 1. The fourth-order valence-corrected chi connectivity index (χ4v) is 2.61. The molecular weight excluding hydrogens is 291 g/mol. The highest BCUT2D eigenvalue weighted by atomic mass is 35.5. The van der Waals surface area contributed by atoms with Crippen molar-refractivity contribution in [2.75, 3.05) is 7.11 Å². The lowest BCUT2D eigenvalue weighted by molar-refractivity contribution is 0.413. The van der Waals surface area contributed by atoms with Gasteiger partial charge in [-0.05, 0) is 36.8 Å². The molecule has 3 aromatic rings. The van der Waals surface area contributed by atoms with Crippen LogP contribution >= 0.6 is 11.6 Å². The van der Waals surface area contributed by atoms with E-state index in [1.807, 2.05) is 29.7 Å².